The summed E-state index contributed by atoms with van der Waals surface area (Å²) < 4.78 is 23.0. The maximum absolute atomic E-state index is 8.49. The Balaban J connectivity index is 2.03. The zero-order valence-electron chi connectivity index (χ0n) is 19.5. The first-order valence-electron chi connectivity index (χ1n) is 11.3. The summed E-state index contributed by atoms with van der Waals surface area (Å²) in [5.41, 5.74) is 7.69. The lowest BCUT2D eigenvalue weighted by Crippen LogP contribution is -2.20. The fourth-order valence-electron chi connectivity index (χ4n) is 3.39. The van der Waals surface area contributed by atoms with Crippen molar-refractivity contribution < 1.29 is 18.9 Å². The standard InChI is InChI=1S/C24H31ClN4O4S/c1-3-30-11-7-13-32-20-17-18(24(28)29-23(17)27)21(33-14-8-12-31-4-2)22(19(20)25)34-16-10-6-5-9-15(16)26/h5-6,9-10H,3-4,7-8,11-14,26H2,1-2H3,(H3,27,28,29). The normalized spacial score (nSPS) is 12.6. The van der Waals surface area contributed by atoms with Gasteiger partial charge in [0.15, 0.2) is 5.75 Å². The number of hydrogen-bond acceptors (Lipinski definition) is 8. The molecule has 1 aliphatic rings. The van der Waals surface area contributed by atoms with Crippen LogP contribution >= 0.6 is 23.4 Å². The molecule has 2 aromatic carbocycles. The predicted molar refractivity (Wildman–Crippen MR) is 136 cm³/mol. The van der Waals surface area contributed by atoms with Crippen molar-refractivity contribution in [1.82, 2.24) is 5.32 Å². The van der Waals surface area contributed by atoms with Crippen molar-refractivity contribution in [3.8, 4) is 11.5 Å². The topological polar surface area (TPSA) is 123 Å². The zero-order valence-corrected chi connectivity index (χ0v) is 21.0. The van der Waals surface area contributed by atoms with E-state index in [-0.39, 0.29) is 11.7 Å². The molecular formula is C24H31ClN4O4S. The smallest absolute Gasteiger partial charge is 0.150 e. The second-order valence-corrected chi connectivity index (χ2v) is 8.79. The molecule has 10 heteroatoms. The van der Waals surface area contributed by atoms with Crippen LogP contribution in [0.5, 0.6) is 11.5 Å². The molecule has 184 valence electrons. The summed E-state index contributed by atoms with van der Waals surface area (Å²) in [6, 6.07) is 7.48. The molecule has 5 N–H and O–H groups in total. The van der Waals surface area contributed by atoms with Gasteiger partial charge >= 0.3 is 0 Å². The number of fused-ring (bicyclic) bond motifs is 1. The van der Waals surface area contributed by atoms with Crippen molar-refractivity contribution in [1.29, 1.82) is 10.8 Å². The van der Waals surface area contributed by atoms with E-state index in [1.54, 1.807) is 0 Å². The number of ether oxygens (including phenoxy) is 4. The summed E-state index contributed by atoms with van der Waals surface area (Å²) in [5.74, 6) is 0.910. The fourth-order valence-corrected chi connectivity index (χ4v) is 4.73. The summed E-state index contributed by atoms with van der Waals surface area (Å²) in [4.78, 5) is 1.40. The van der Waals surface area contributed by atoms with E-state index in [2.05, 4.69) is 5.32 Å². The molecule has 0 aliphatic carbocycles. The van der Waals surface area contributed by atoms with Gasteiger partial charge in [0.1, 0.15) is 22.4 Å². The molecule has 0 spiro atoms. The lowest BCUT2D eigenvalue weighted by atomic mass is 10.1. The van der Waals surface area contributed by atoms with Gasteiger partial charge in [-0.3, -0.25) is 10.8 Å². The number of hydrogen-bond donors (Lipinski definition) is 4. The lowest BCUT2D eigenvalue weighted by Gasteiger charge is -2.20. The maximum atomic E-state index is 8.49. The molecule has 34 heavy (non-hydrogen) atoms. The molecular weight excluding hydrogens is 476 g/mol. The van der Waals surface area contributed by atoms with Crippen molar-refractivity contribution >= 4 is 40.7 Å². The summed E-state index contributed by atoms with van der Waals surface area (Å²) in [7, 11) is 0. The Morgan fingerprint density at radius 1 is 0.882 bits per heavy atom. The van der Waals surface area contributed by atoms with E-state index in [1.807, 2.05) is 38.1 Å². The van der Waals surface area contributed by atoms with Crippen molar-refractivity contribution in [2.45, 2.75) is 36.5 Å². The van der Waals surface area contributed by atoms with E-state index in [9.17, 15) is 0 Å². The van der Waals surface area contributed by atoms with Crippen LogP contribution in [0.4, 0.5) is 5.69 Å². The number of nitrogens with two attached hydrogens (primary N) is 1. The summed E-state index contributed by atoms with van der Waals surface area (Å²) in [6.07, 6.45) is 1.34. The quantitative estimate of drug-likeness (QED) is 0.211. The van der Waals surface area contributed by atoms with Crippen LogP contribution in [-0.4, -0.2) is 51.3 Å². The minimum absolute atomic E-state index is 0.0525. The minimum Gasteiger partial charge on any atom is -0.491 e. The molecule has 0 atom stereocenters. The van der Waals surface area contributed by atoms with Crippen LogP contribution < -0.4 is 20.5 Å². The van der Waals surface area contributed by atoms with Crippen LogP contribution in [0.1, 0.15) is 37.8 Å². The Morgan fingerprint density at radius 3 is 2.03 bits per heavy atom. The highest BCUT2D eigenvalue weighted by Gasteiger charge is 2.35. The first-order chi connectivity index (χ1) is 16.5. The second kappa shape index (κ2) is 12.9. The van der Waals surface area contributed by atoms with Crippen molar-refractivity contribution in [2.75, 3.05) is 45.4 Å². The molecule has 1 heterocycles. The third-order valence-electron chi connectivity index (χ3n) is 4.96. The summed E-state index contributed by atoms with van der Waals surface area (Å²) >= 11 is 8.25. The summed E-state index contributed by atoms with van der Waals surface area (Å²) in [6.45, 7) is 7.01. The van der Waals surface area contributed by atoms with Crippen molar-refractivity contribution in [2.24, 2.45) is 0 Å². The number of nitrogens with one attached hydrogen (secondary N) is 3. The number of benzene rings is 2. The third kappa shape index (κ3) is 6.15. The highest BCUT2D eigenvalue weighted by molar-refractivity contribution is 7.99. The van der Waals surface area contributed by atoms with E-state index >= 15 is 0 Å². The van der Waals surface area contributed by atoms with Crippen LogP contribution in [0.25, 0.3) is 0 Å². The van der Waals surface area contributed by atoms with Gasteiger partial charge in [0.25, 0.3) is 0 Å². The Bertz CT molecular complexity index is 1030. The van der Waals surface area contributed by atoms with Gasteiger partial charge in [-0.2, -0.15) is 0 Å². The molecule has 0 amide bonds. The van der Waals surface area contributed by atoms with Crippen LogP contribution in [0.2, 0.25) is 5.02 Å². The fraction of sp³-hybridized carbons (Fsp3) is 0.417. The second-order valence-electron chi connectivity index (χ2n) is 7.36. The Morgan fingerprint density at radius 2 is 1.44 bits per heavy atom. The molecule has 0 bridgehead atoms. The Labute approximate surface area is 209 Å². The number of nitrogen functional groups attached to an aromatic ring is 1. The van der Waals surface area contributed by atoms with Crippen molar-refractivity contribution in [3.63, 3.8) is 0 Å². The van der Waals surface area contributed by atoms with Crippen LogP contribution in [0, 0.1) is 10.8 Å². The molecule has 0 saturated heterocycles. The van der Waals surface area contributed by atoms with Gasteiger partial charge < -0.3 is 30.0 Å². The average Bonchev–Trinajstić information content (AvgIpc) is 3.11. The largest absolute Gasteiger partial charge is 0.491 e. The van der Waals surface area contributed by atoms with Gasteiger partial charge in [-0.15, -0.1) is 0 Å². The molecule has 0 aromatic heterocycles. The number of para-hydroxylation sites is 1. The average molecular weight is 507 g/mol. The van der Waals surface area contributed by atoms with Gasteiger partial charge in [-0.1, -0.05) is 35.5 Å². The number of anilines is 1. The van der Waals surface area contributed by atoms with Gasteiger partial charge in [-0.05, 0) is 26.0 Å². The monoisotopic (exact) mass is 506 g/mol. The van der Waals surface area contributed by atoms with Gasteiger partial charge in [0, 0.05) is 49.9 Å². The molecule has 0 fully saturated rings. The van der Waals surface area contributed by atoms with Gasteiger partial charge in [-0.25, -0.2) is 0 Å². The minimum atomic E-state index is 0.0525. The first-order valence-corrected chi connectivity index (χ1v) is 12.5. The van der Waals surface area contributed by atoms with Crippen LogP contribution in [-0.2, 0) is 9.47 Å². The van der Waals surface area contributed by atoms with E-state index in [4.69, 9.17) is 47.1 Å². The zero-order chi connectivity index (χ0) is 24.5. The van der Waals surface area contributed by atoms with Crippen LogP contribution in [0.3, 0.4) is 0 Å². The predicted octanol–water partition coefficient (Wildman–Crippen LogP) is 4.94. The number of rotatable bonds is 14. The summed E-state index contributed by atoms with van der Waals surface area (Å²) in [5, 5.41) is 20.0. The van der Waals surface area contributed by atoms with Crippen LogP contribution in [0.15, 0.2) is 34.1 Å². The van der Waals surface area contributed by atoms with Gasteiger partial charge in [0.05, 0.1) is 29.2 Å². The first kappa shape index (κ1) is 26.2. The van der Waals surface area contributed by atoms with Gasteiger partial charge in [0.2, 0.25) is 0 Å². The molecule has 1 aliphatic heterocycles. The molecule has 2 aromatic rings. The maximum Gasteiger partial charge on any atom is 0.150 e. The SMILES string of the molecule is CCOCCCOc1c(Cl)c(Sc2ccccc2N)c(OCCCOCC)c2c1C(=N)NC2=N. The van der Waals surface area contributed by atoms with Crippen molar-refractivity contribution in [3.05, 3.63) is 40.4 Å². The third-order valence-corrected chi connectivity index (χ3v) is 6.62. The lowest BCUT2D eigenvalue weighted by molar-refractivity contribution is 0.129. The Hall–Kier alpha value is -2.46. The molecule has 0 unspecified atom stereocenters. The number of amidine groups is 2. The van der Waals surface area contributed by atoms with E-state index < -0.39 is 0 Å². The molecule has 3 rings (SSSR count). The van der Waals surface area contributed by atoms with E-state index in [0.29, 0.717) is 90.7 Å². The number of halogens is 1. The molecule has 0 radical (unpaired) electrons. The Kier molecular flexibility index (Phi) is 9.88. The van der Waals surface area contributed by atoms with E-state index in [0.717, 1.165) is 4.90 Å². The molecule has 8 nitrogen and oxygen atoms in total. The van der Waals surface area contributed by atoms with E-state index in [1.165, 1.54) is 11.8 Å². The highest BCUT2D eigenvalue weighted by Crippen LogP contribution is 2.51. The molecule has 0 saturated carbocycles. The highest BCUT2D eigenvalue weighted by atomic mass is 35.5.